The van der Waals surface area contributed by atoms with Crippen LogP contribution in [-0.4, -0.2) is 39.4 Å². The molecule has 3 rings (SSSR count). The first-order valence-corrected chi connectivity index (χ1v) is 9.48. The molecule has 0 spiro atoms. The van der Waals surface area contributed by atoms with E-state index in [9.17, 15) is 13.6 Å². The molecule has 1 aromatic carbocycles. The number of halogens is 2. The van der Waals surface area contributed by atoms with Crippen molar-refractivity contribution in [2.45, 2.75) is 40.7 Å². The van der Waals surface area contributed by atoms with Crippen molar-refractivity contribution in [2.75, 3.05) is 12.4 Å². The maximum Gasteiger partial charge on any atom is 0.387 e. The summed E-state index contributed by atoms with van der Waals surface area (Å²) in [4.78, 5) is 21.5. The Hall–Kier alpha value is -3.56. The number of aromatic nitrogens is 4. The second-order valence-corrected chi connectivity index (χ2v) is 6.98. The SMILES string of the molecule is COc1ccc(NC(=O)Cc2c(C)nn(-c3nc(C)cc(C)n3)c2C)cc1OC(F)F. The van der Waals surface area contributed by atoms with Gasteiger partial charge in [0.25, 0.3) is 5.95 Å². The molecular weight excluding hydrogens is 408 g/mol. The van der Waals surface area contributed by atoms with E-state index in [1.165, 1.54) is 19.2 Å². The van der Waals surface area contributed by atoms with Gasteiger partial charge >= 0.3 is 6.61 Å². The van der Waals surface area contributed by atoms with Crippen LogP contribution in [0.4, 0.5) is 14.5 Å². The number of carbonyl (C=O) groups excluding carboxylic acids is 1. The van der Waals surface area contributed by atoms with Gasteiger partial charge in [-0.25, -0.2) is 14.6 Å². The van der Waals surface area contributed by atoms with Gasteiger partial charge in [-0.05, 0) is 45.9 Å². The topological polar surface area (TPSA) is 91.2 Å². The van der Waals surface area contributed by atoms with Gasteiger partial charge in [0, 0.05) is 34.4 Å². The fraction of sp³-hybridized carbons (Fsp3) is 0.333. The van der Waals surface area contributed by atoms with E-state index in [4.69, 9.17) is 4.74 Å². The molecule has 0 saturated heterocycles. The number of benzene rings is 1. The lowest BCUT2D eigenvalue weighted by Crippen LogP contribution is -2.16. The Kier molecular flexibility index (Phi) is 6.47. The van der Waals surface area contributed by atoms with Crippen molar-refractivity contribution < 1.29 is 23.0 Å². The molecular formula is C21H23F2N5O3. The highest BCUT2D eigenvalue weighted by Crippen LogP contribution is 2.31. The number of amides is 1. The van der Waals surface area contributed by atoms with Crippen LogP contribution in [0.15, 0.2) is 24.3 Å². The lowest BCUT2D eigenvalue weighted by molar-refractivity contribution is -0.115. The van der Waals surface area contributed by atoms with Gasteiger partial charge in [0.15, 0.2) is 11.5 Å². The summed E-state index contributed by atoms with van der Waals surface area (Å²) in [6.45, 7) is 4.38. The summed E-state index contributed by atoms with van der Waals surface area (Å²) in [5.41, 5.74) is 4.09. The number of methoxy groups -OCH3 is 1. The number of nitrogens with one attached hydrogen (secondary N) is 1. The third-order valence-electron chi connectivity index (χ3n) is 4.60. The van der Waals surface area contributed by atoms with Crippen molar-refractivity contribution in [3.05, 3.63) is 52.6 Å². The third kappa shape index (κ3) is 5.14. The minimum atomic E-state index is -3.01. The minimum absolute atomic E-state index is 0.0412. The Morgan fingerprint density at radius 2 is 1.77 bits per heavy atom. The van der Waals surface area contributed by atoms with E-state index in [1.807, 2.05) is 26.8 Å². The Labute approximate surface area is 178 Å². The molecule has 10 heteroatoms. The largest absolute Gasteiger partial charge is 0.493 e. The highest BCUT2D eigenvalue weighted by molar-refractivity contribution is 5.92. The Morgan fingerprint density at radius 1 is 1.10 bits per heavy atom. The number of ether oxygens (including phenoxy) is 2. The molecule has 1 amide bonds. The predicted molar refractivity (Wildman–Crippen MR) is 110 cm³/mol. The second kappa shape index (κ2) is 9.07. The van der Waals surface area contributed by atoms with E-state index >= 15 is 0 Å². The maximum absolute atomic E-state index is 12.6. The number of anilines is 1. The molecule has 0 aliphatic heterocycles. The average Bonchev–Trinajstić information content (AvgIpc) is 2.95. The van der Waals surface area contributed by atoms with E-state index in [1.54, 1.807) is 17.7 Å². The summed E-state index contributed by atoms with van der Waals surface area (Å²) in [5, 5.41) is 7.17. The van der Waals surface area contributed by atoms with Gasteiger partial charge in [-0.3, -0.25) is 4.79 Å². The fourth-order valence-corrected chi connectivity index (χ4v) is 3.24. The molecule has 31 heavy (non-hydrogen) atoms. The van der Waals surface area contributed by atoms with Gasteiger partial charge in [-0.2, -0.15) is 13.9 Å². The summed E-state index contributed by atoms with van der Waals surface area (Å²) in [6, 6.07) is 6.14. The van der Waals surface area contributed by atoms with Crippen LogP contribution in [0.25, 0.3) is 5.95 Å². The molecule has 0 saturated carbocycles. The molecule has 0 atom stereocenters. The van der Waals surface area contributed by atoms with Gasteiger partial charge in [-0.1, -0.05) is 0 Å². The molecule has 0 aliphatic rings. The molecule has 0 radical (unpaired) electrons. The summed E-state index contributed by atoms with van der Waals surface area (Å²) in [5.74, 6) is 0.0797. The fourth-order valence-electron chi connectivity index (χ4n) is 3.24. The smallest absolute Gasteiger partial charge is 0.387 e. The highest BCUT2D eigenvalue weighted by atomic mass is 19.3. The highest BCUT2D eigenvalue weighted by Gasteiger charge is 2.18. The minimum Gasteiger partial charge on any atom is -0.493 e. The first-order chi connectivity index (χ1) is 14.7. The van der Waals surface area contributed by atoms with Gasteiger partial charge in [-0.15, -0.1) is 0 Å². The van der Waals surface area contributed by atoms with Crippen molar-refractivity contribution >= 4 is 11.6 Å². The van der Waals surface area contributed by atoms with Crippen molar-refractivity contribution in [1.29, 1.82) is 0 Å². The summed E-state index contributed by atoms with van der Waals surface area (Å²) < 4.78 is 36.3. The van der Waals surface area contributed by atoms with E-state index < -0.39 is 6.61 Å². The number of hydrogen-bond acceptors (Lipinski definition) is 6. The van der Waals surface area contributed by atoms with Crippen LogP contribution in [-0.2, 0) is 11.2 Å². The van der Waals surface area contributed by atoms with E-state index in [2.05, 4.69) is 25.1 Å². The molecule has 0 unspecified atom stereocenters. The second-order valence-electron chi connectivity index (χ2n) is 6.98. The van der Waals surface area contributed by atoms with E-state index in [0.29, 0.717) is 17.3 Å². The van der Waals surface area contributed by atoms with Gasteiger partial charge in [0.1, 0.15) is 0 Å². The van der Waals surface area contributed by atoms with Crippen LogP contribution in [0.5, 0.6) is 11.5 Å². The van der Waals surface area contributed by atoms with Crippen LogP contribution in [0.2, 0.25) is 0 Å². The van der Waals surface area contributed by atoms with Crippen LogP contribution in [0.1, 0.15) is 28.3 Å². The van der Waals surface area contributed by atoms with Crippen molar-refractivity contribution in [3.8, 4) is 17.4 Å². The van der Waals surface area contributed by atoms with Crippen molar-refractivity contribution in [2.24, 2.45) is 0 Å². The molecule has 8 nitrogen and oxygen atoms in total. The summed E-state index contributed by atoms with van der Waals surface area (Å²) in [6.07, 6.45) is 0.0412. The summed E-state index contributed by atoms with van der Waals surface area (Å²) >= 11 is 0. The molecule has 2 heterocycles. The van der Waals surface area contributed by atoms with Crippen molar-refractivity contribution in [1.82, 2.24) is 19.7 Å². The first kappa shape index (κ1) is 22.1. The van der Waals surface area contributed by atoms with Crippen molar-refractivity contribution in [3.63, 3.8) is 0 Å². The number of carbonyl (C=O) groups is 1. The molecule has 0 aliphatic carbocycles. The molecule has 1 N–H and O–H groups in total. The van der Waals surface area contributed by atoms with Gasteiger partial charge in [0.05, 0.1) is 19.2 Å². The Morgan fingerprint density at radius 3 is 2.39 bits per heavy atom. The molecule has 3 aromatic rings. The lowest BCUT2D eigenvalue weighted by atomic mass is 10.1. The number of alkyl halides is 2. The molecule has 164 valence electrons. The van der Waals surface area contributed by atoms with Crippen LogP contribution >= 0.6 is 0 Å². The number of nitrogens with zero attached hydrogens (tertiary/aromatic N) is 4. The Bertz CT molecular complexity index is 1090. The van der Waals surface area contributed by atoms with E-state index in [0.717, 1.165) is 22.6 Å². The molecule has 2 aromatic heterocycles. The van der Waals surface area contributed by atoms with Gasteiger partial charge in [0.2, 0.25) is 5.91 Å². The number of aryl methyl sites for hydroxylation is 3. The van der Waals surface area contributed by atoms with Crippen LogP contribution < -0.4 is 14.8 Å². The van der Waals surface area contributed by atoms with Gasteiger partial charge < -0.3 is 14.8 Å². The molecule has 0 fully saturated rings. The molecule has 0 bridgehead atoms. The zero-order valence-corrected chi connectivity index (χ0v) is 17.9. The monoisotopic (exact) mass is 431 g/mol. The quantitative estimate of drug-likeness (QED) is 0.614. The lowest BCUT2D eigenvalue weighted by Gasteiger charge is -2.12. The summed E-state index contributed by atoms with van der Waals surface area (Å²) in [7, 11) is 1.34. The first-order valence-electron chi connectivity index (χ1n) is 9.48. The zero-order chi connectivity index (χ0) is 22.7. The third-order valence-corrected chi connectivity index (χ3v) is 4.60. The maximum atomic E-state index is 12.6. The normalized spacial score (nSPS) is 11.0. The van der Waals surface area contributed by atoms with Crippen LogP contribution in [0.3, 0.4) is 0 Å². The zero-order valence-electron chi connectivity index (χ0n) is 17.9. The predicted octanol–water partition coefficient (Wildman–Crippen LogP) is 3.69. The number of rotatable bonds is 7. The van der Waals surface area contributed by atoms with Crippen LogP contribution in [0, 0.1) is 27.7 Å². The van der Waals surface area contributed by atoms with E-state index in [-0.39, 0.29) is 23.8 Å². The standard InChI is InChI=1S/C21H23F2N5O3/c1-11-8-12(2)25-21(24-11)28-14(4)16(13(3)27-28)10-19(29)26-15-6-7-17(30-5)18(9-15)31-20(22)23/h6-9,20H,10H2,1-5H3,(H,26,29). The number of hydrogen-bond donors (Lipinski definition) is 1. The average molecular weight is 431 g/mol. The Balaban J connectivity index is 1.81.